The molecule has 0 amide bonds. The molecule has 0 aromatic heterocycles. The van der Waals surface area contributed by atoms with Crippen molar-refractivity contribution in [3.8, 4) is 0 Å². The second kappa shape index (κ2) is 5.85. The number of fused-ring (bicyclic) bond motifs is 1. The fraction of sp³-hybridized carbons (Fsp3) is 0.136. The number of hydrogen-bond acceptors (Lipinski definition) is 1. The Morgan fingerprint density at radius 1 is 0.652 bits per heavy atom. The standard InChI is InChI=1S/C22H19N/c1-16-19-14-8-9-15-20(19)21(17-10-4-2-5-11-17)22(23-16)18-12-6-3-7-13-18/h2-15,21-22H,1H3. The minimum absolute atomic E-state index is 0.133. The Labute approximate surface area is 137 Å². The molecule has 0 bridgehead atoms. The smallest absolute Gasteiger partial charge is 0.0861 e. The first-order valence-corrected chi connectivity index (χ1v) is 8.08. The van der Waals surface area contributed by atoms with Crippen molar-refractivity contribution >= 4 is 5.71 Å². The third-order valence-corrected chi connectivity index (χ3v) is 4.63. The van der Waals surface area contributed by atoms with Crippen molar-refractivity contribution in [1.82, 2.24) is 0 Å². The molecule has 3 aromatic rings. The number of hydrogen-bond donors (Lipinski definition) is 0. The first-order valence-electron chi connectivity index (χ1n) is 8.08. The van der Waals surface area contributed by atoms with E-state index >= 15 is 0 Å². The number of rotatable bonds is 2. The predicted octanol–water partition coefficient (Wildman–Crippen LogP) is 5.38. The molecule has 1 heteroatoms. The Bertz CT molecular complexity index is 834. The van der Waals surface area contributed by atoms with E-state index in [0.29, 0.717) is 0 Å². The van der Waals surface area contributed by atoms with Gasteiger partial charge in [-0.3, -0.25) is 4.99 Å². The van der Waals surface area contributed by atoms with Crippen LogP contribution in [0.2, 0.25) is 0 Å². The van der Waals surface area contributed by atoms with E-state index in [4.69, 9.17) is 4.99 Å². The summed E-state index contributed by atoms with van der Waals surface area (Å²) >= 11 is 0. The Morgan fingerprint density at radius 2 is 1.22 bits per heavy atom. The fourth-order valence-corrected chi connectivity index (χ4v) is 3.56. The number of aliphatic imine (C=N–C) groups is 1. The van der Waals surface area contributed by atoms with Crippen LogP contribution >= 0.6 is 0 Å². The van der Waals surface area contributed by atoms with Crippen molar-refractivity contribution in [3.05, 3.63) is 107 Å². The highest BCUT2D eigenvalue weighted by Gasteiger charge is 2.31. The molecule has 1 aliphatic heterocycles. The van der Waals surface area contributed by atoms with Crippen LogP contribution in [0.3, 0.4) is 0 Å². The Kier molecular flexibility index (Phi) is 3.55. The van der Waals surface area contributed by atoms with Gasteiger partial charge in [-0.2, -0.15) is 0 Å². The topological polar surface area (TPSA) is 12.4 Å². The van der Waals surface area contributed by atoms with Crippen molar-refractivity contribution in [2.24, 2.45) is 4.99 Å². The maximum Gasteiger partial charge on any atom is 0.0861 e. The van der Waals surface area contributed by atoms with Gasteiger partial charge in [0.05, 0.1) is 6.04 Å². The van der Waals surface area contributed by atoms with Crippen LogP contribution in [-0.2, 0) is 0 Å². The monoisotopic (exact) mass is 297 g/mol. The summed E-state index contributed by atoms with van der Waals surface area (Å²) in [5.41, 5.74) is 6.37. The Hall–Kier alpha value is -2.67. The quantitative estimate of drug-likeness (QED) is 0.602. The molecule has 0 saturated carbocycles. The van der Waals surface area contributed by atoms with Crippen LogP contribution in [0.25, 0.3) is 0 Å². The summed E-state index contributed by atoms with van der Waals surface area (Å²) in [7, 11) is 0. The van der Waals surface area contributed by atoms with Crippen LogP contribution in [-0.4, -0.2) is 5.71 Å². The van der Waals surface area contributed by atoms with E-state index < -0.39 is 0 Å². The zero-order valence-corrected chi connectivity index (χ0v) is 13.2. The van der Waals surface area contributed by atoms with Gasteiger partial charge >= 0.3 is 0 Å². The predicted molar refractivity (Wildman–Crippen MR) is 96.1 cm³/mol. The molecular weight excluding hydrogens is 278 g/mol. The van der Waals surface area contributed by atoms with Crippen LogP contribution in [0.4, 0.5) is 0 Å². The molecule has 1 nitrogen and oxygen atoms in total. The second-order valence-corrected chi connectivity index (χ2v) is 6.05. The van der Waals surface area contributed by atoms with Gasteiger partial charge in [0.2, 0.25) is 0 Å². The largest absolute Gasteiger partial charge is 0.280 e. The summed E-state index contributed by atoms with van der Waals surface area (Å²) in [6.07, 6.45) is 0. The van der Waals surface area contributed by atoms with E-state index in [9.17, 15) is 0 Å². The average Bonchev–Trinajstić information content (AvgIpc) is 2.63. The molecule has 0 saturated heterocycles. The lowest BCUT2D eigenvalue weighted by atomic mass is 9.77. The SMILES string of the molecule is CC1=NC(c2ccccc2)C(c2ccccc2)c2ccccc21. The lowest BCUT2D eigenvalue weighted by molar-refractivity contribution is 0.621. The summed E-state index contributed by atoms with van der Waals surface area (Å²) in [6, 6.07) is 30.2. The summed E-state index contributed by atoms with van der Waals surface area (Å²) in [6.45, 7) is 2.12. The summed E-state index contributed by atoms with van der Waals surface area (Å²) < 4.78 is 0. The molecule has 1 aliphatic rings. The molecule has 0 aliphatic carbocycles. The Morgan fingerprint density at radius 3 is 1.91 bits per heavy atom. The molecule has 0 N–H and O–H groups in total. The minimum atomic E-state index is 0.133. The second-order valence-electron chi connectivity index (χ2n) is 6.05. The molecule has 2 atom stereocenters. The molecule has 0 spiro atoms. The molecule has 1 heterocycles. The van der Waals surface area contributed by atoms with E-state index in [1.807, 2.05) is 0 Å². The first-order chi connectivity index (χ1) is 11.3. The van der Waals surface area contributed by atoms with E-state index in [1.165, 1.54) is 22.3 Å². The molecule has 0 radical (unpaired) electrons. The molecule has 112 valence electrons. The summed E-state index contributed by atoms with van der Waals surface area (Å²) in [4.78, 5) is 5.07. The van der Waals surface area contributed by atoms with Crippen LogP contribution in [0.5, 0.6) is 0 Å². The lowest BCUT2D eigenvalue weighted by Crippen LogP contribution is -2.20. The molecular formula is C22H19N. The van der Waals surface area contributed by atoms with Gasteiger partial charge in [0.25, 0.3) is 0 Å². The fourth-order valence-electron chi connectivity index (χ4n) is 3.56. The van der Waals surface area contributed by atoms with E-state index in [2.05, 4.69) is 91.9 Å². The first kappa shape index (κ1) is 14.0. The van der Waals surface area contributed by atoms with Gasteiger partial charge < -0.3 is 0 Å². The van der Waals surface area contributed by atoms with Gasteiger partial charge in [-0.1, -0.05) is 84.9 Å². The molecule has 4 rings (SSSR count). The van der Waals surface area contributed by atoms with E-state index in [1.54, 1.807) is 0 Å². The van der Waals surface area contributed by atoms with Gasteiger partial charge in [-0.05, 0) is 29.2 Å². The van der Waals surface area contributed by atoms with Gasteiger partial charge in [-0.25, -0.2) is 0 Å². The van der Waals surface area contributed by atoms with Crippen molar-refractivity contribution in [3.63, 3.8) is 0 Å². The van der Waals surface area contributed by atoms with Gasteiger partial charge in [0, 0.05) is 11.6 Å². The normalized spacial score (nSPS) is 19.8. The third kappa shape index (κ3) is 2.49. The van der Waals surface area contributed by atoms with Crippen LogP contribution < -0.4 is 0 Å². The third-order valence-electron chi connectivity index (χ3n) is 4.63. The lowest BCUT2D eigenvalue weighted by Gasteiger charge is -2.32. The van der Waals surface area contributed by atoms with Crippen molar-refractivity contribution in [2.45, 2.75) is 18.9 Å². The van der Waals surface area contributed by atoms with Gasteiger partial charge in [0.15, 0.2) is 0 Å². The number of nitrogens with zero attached hydrogens (tertiary/aromatic N) is 1. The summed E-state index contributed by atoms with van der Waals surface area (Å²) in [5.74, 6) is 0.262. The van der Waals surface area contributed by atoms with Gasteiger partial charge in [0.1, 0.15) is 0 Å². The maximum atomic E-state index is 5.07. The molecule has 0 fully saturated rings. The molecule has 23 heavy (non-hydrogen) atoms. The zero-order valence-electron chi connectivity index (χ0n) is 13.2. The van der Waals surface area contributed by atoms with Crippen LogP contribution in [0.15, 0.2) is 89.9 Å². The highest BCUT2D eigenvalue weighted by Crippen LogP contribution is 2.43. The summed E-state index contributed by atoms with van der Waals surface area (Å²) in [5, 5.41) is 0. The minimum Gasteiger partial charge on any atom is -0.280 e. The van der Waals surface area contributed by atoms with Crippen LogP contribution in [0.1, 0.15) is 41.1 Å². The average molecular weight is 297 g/mol. The number of benzene rings is 3. The van der Waals surface area contributed by atoms with Crippen molar-refractivity contribution in [2.75, 3.05) is 0 Å². The molecule has 3 aromatic carbocycles. The zero-order chi connectivity index (χ0) is 15.6. The van der Waals surface area contributed by atoms with E-state index in [0.717, 1.165) is 5.71 Å². The Balaban J connectivity index is 1.93. The van der Waals surface area contributed by atoms with Gasteiger partial charge in [-0.15, -0.1) is 0 Å². The highest BCUT2D eigenvalue weighted by molar-refractivity contribution is 6.01. The van der Waals surface area contributed by atoms with E-state index in [-0.39, 0.29) is 12.0 Å². The molecule has 2 unspecified atom stereocenters. The highest BCUT2D eigenvalue weighted by atomic mass is 14.8. The van der Waals surface area contributed by atoms with Crippen molar-refractivity contribution < 1.29 is 0 Å². The van der Waals surface area contributed by atoms with Crippen LogP contribution in [0, 0.1) is 0 Å². The maximum absolute atomic E-state index is 5.07. The van der Waals surface area contributed by atoms with Crippen molar-refractivity contribution in [1.29, 1.82) is 0 Å².